The lowest BCUT2D eigenvalue weighted by molar-refractivity contribution is 0.268. The second kappa shape index (κ2) is 5.13. The van der Waals surface area contributed by atoms with Gasteiger partial charge in [-0.05, 0) is 23.8 Å². The summed E-state index contributed by atoms with van der Waals surface area (Å²) in [6.07, 6.45) is 4.06. The Hall–Kier alpha value is -1.08. The van der Waals surface area contributed by atoms with E-state index in [0.29, 0.717) is 0 Å². The van der Waals surface area contributed by atoms with E-state index in [2.05, 4.69) is 32.6 Å². The van der Waals surface area contributed by atoms with Gasteiger partial charge in [0.2, 0.25) is 0 Å². The predicted molar refractivity (Wildman–Crippen MR) is 66.6 cm³/mol. The lowest BCUT2D eigenvalue weighted by Gasteiger charge is -2.31. The lowest BCUT2D eigenvalue weighted by atomic mass is 9.77. The average molecular weight is 203 g/mol. The Morgan fingerprint density at radius 2 is 1.93 bits per heavy atom. The minimum Gasteiger partial charge on any atom is -0.324 e. The minimum absolute atomic E-state index is 0.0960. The quantitative estimate of drug-likeness (QED) is 0.726. The zero-order valence-electron chi connectivity index (χ0n) is 9.74. The molecule has 0 spiro atoms. The van der Waals surface area contributed by atoms with Gasteiger partial charge < -0.3 is 5.73 Å². The van der Waals surface area contributed by atoms with Crippen molar-refractivity contribution in [1.29, 1.82) is 0 Å². The van der Waals surface area contributed by atoms with E-state index in [9.17, 15) is 0 Å². The minimum atomic E-state index is 0.0960. The number of allylic oxidation sites excluding steroid dienone is 1. The summed E-state index contributed by atoms with van der Waals surface area (Å²) in [5.41, 5.74) is 7.61. The third kappa shape index (κ3) is 3.21. The molecular formula is C14H21N. The summed E-state index contributed by atoms with van der Waals surface area (Å²) in [4.78, 5) is 0. The molecule has 0 bridgehead atoms. The Labute approximate surface area is 93.0 Å². The molecule has 1 nitrogen and oxygen atoms in total. The molecule has 1 atom stereocenters. The van der Waals surface area contributed by atoms with Crippen LogP contribution in [0, 0.1) is 5.41 Å². The Bertz CT molecular complexity index is 300. The molecule has 0 aliphatic carbocycles. The van der Waals surface area contributed by atoms with E-state index in [1.54, 1.807) is 0 Å². The smallest absolute Gasteiger partial charge is 0.0346 e. The SMILES string of the molecule is C=CCCC(C)(C)C(N)c1ccccc1. The van der Waals surface area contributed by atoms with Gasteiger partial charge in [-0.25, -0.2) is 0 Å². The molecule has 1 aromatic carbocycles. The van der Waals surface area contributed by atoms with Crippen LogP contribution in [0.25, 0.3) is 0 Å². The van der Waals surface area contributed by atoms with Gasteiger partial charge in [0.1, 0.15) is 0 Å². The summed E-state index contributed by atoms with van der Waals surface area (Å²) in [5, 5.41) is 0. The van der Waals surface area contributed by atoms with Crippen LogP contribution in [0.15, 0.2) is 43.0 Å². The van der Waals surface area contributed by atoms with Crippen LogP contribution in [0.4, 0.5) is 0 Å². The van der Waals surface area contributed by atoms with E-state index >= 15 is 0 Å². The molecule has 0 aromatic heterocycles. The Morgan fingerprint density at radius 1 is 1.33 bits per heavy atom. The normalized spacial score (nSPS) is 13.5. The molecule has 0 aliphatic rings. The predicted octanol–water partition coefficient (Wildman–Crippen LogP) is 3.68. The molecule has 1 heteroatoms. The summed E-state index contributed by atoms with van der Waals surface area (Å²) in [5.74, 6) is 0. The van der Waals surface area contributed by atoms with E-state index in [4.69, 9.17) is 5.73 Å². The fourth-order valence-electron chi connectivity index (χ4n) is 1.74. The van der Waals surface area contributed by atoms with Crippen molar-refractivity contribution in [2.45, 2.75) is 32.7 Å². The standard InChI is InChI=1S/C14H21N/c1-4-5-11-14(2,3)13(15)12-9-7-6-8-10-12/h4,6-10,13H,1,5,11,15H2,2-3H3. The maximum absolute atomic E-state index is 6.28. The molecule has 1 unspecified atom stereocenters. The average Bonchev–Trinajstić information content (AvgIpc) is 2.26. The zero-order valence-corrected chi connectivity index (χ0v) is 9.74. The van der Waals surface area contributed by atoms with Crippen molar-refractivity contribution in [3.05, 3.63) is 48.6 Å². The maximum Gasteiger partial charge on any atom is 0.0346 e. The summed E-state index contributed by atoms with van der Waals surface area (Å²) < 4.78 is 0. The number of benzene rings is 1. The molecular weight excluding hydrogens is 182 g/mol. The van der Waals surface area contributed by atoms with Crippen molar-refractivity contribution in [2.75, 3.05) is 0 Å². The van der Waals surface area contributed by atoms with Crippen LogP contribution in [-0.2, 0) is 0 Å². The summed E-state index contributed by atoms with van der Waals surface area (Å²) in [7, 11) is 0. The topological polar surface area (TPSA) is 26.0 Å². The molecule has 0 fully saturated rings. The summed E-state index contributed by atoms with van der Waals surface area (Å²) in [6.45, 7) is 8.19. The first-order chi connectivity index (χ1) is 7.08. The molecule has 82 valence electrons. The van der Waals surface area contributed by atoms with Crippen molar-refractivity contribution >= 4 is 0 Å². The molecule has 0 radical (unpaired) electrons. The first-order valence-electron chi connectivity index (χ1n) is 5.49. The largest absolute Gasteiger partial charge is 0.324 e. The van der Waals surface area contributed by atoms with Crippen LogP contribution in [-0.4, -0.2) is 0 Å². The van der Waals surface area contributed by atoms with Gasteiger partial charge >= 0.3 is 0 Å². The highest BCUT2D eigenvalue weighted by atomic mass is 14.7. The van der Waals surface area contributed by atoms with Crippen molar-refractivity contribution in [2.24, 2.45) is 11.1 Å². The third-order valence-electron chi connectivity index (χ3n) is 2.99. The third-order valence-corrected chi connectivity index (χ3v) is 2.99. The van der Waals surface area contributed by atoms with Crippen molar-refractivity contribution in [1.82, 2.24) is 0 Å². The highest BCUT2D eigenvalue weighted by Gasteiger charge is 2.26. The van der Waals surface area contributed by atoms with E-state index < -0.39 is 0 Å². The van der Waals surface area contributed by atoms with E-state index in [0.717, 1.165) is 12.8 Å². The number of nitrogens with two attached hydrogens (primary N) is 1. The fourth-order valence-corrected chi connectivity index (χ4v) is 1.74. The van der Waals surface area contributed by atoms with Crippen molar-refractivity contribution < 1.29 is 0 Å². The van der Waals surface area contributed by atoms with Gasteiger partial charge in [-0.3, -0.25) is 0 Å². The number of rotatable bonds is 5. The van der Waals surface area contributed by atoms with Crippen LogP contribution in [0.5, 0.6) is 0 Å². The van der Waals surface area contributed by atoms with Crippen LogP contribution in [0.1, 0.15) is 38.3 Å². The molecule has 0 saturated heterocycles. The number of hydrogen-bond donors (Lipinski definition) is 1. The molecule has 15 heavy (non-hydrogen) atoms. The van der Waals surface area contributed by atoms with Crippen LogP contribution >= 0.6 is 0 Å². The van der Waals surface area contributed by atoms with E-state index in [-0.39, 0.29) is 11.5 Å². The molecule has 1 aromatic rings. The van der Waals surface area contributed by atoms with Crippen LogP contribution in [0.3, 0.4) is 0 Å². The first kappa shape index (κ1) is 12.0. The molecule has 1 rings (SSSR count). The highest BCUT2D eigenvalue weighted by Crippen LogP contribution is 2.35. The molecule has 2 N–H and O–H groups in total. The first-order valence-corrected chi connectivity index (χ1v) is 5.49. The molecule has 0 heterocycles. The van der Waals surface area contributed by atoms with Gasteiger partial charge in [0.05, 0.1) is 0 Å². The molecule has 0 saturated carbocycles. The van der Waals surface area contributed by atoms with E-state index in [1.807, 2.05) is 24.3 Å². The van der Waals surface area contributed by atoms with Crippen molar-refractivity contribution in [3.63, 3.8) is 0 Å². The lowest BCUT2D eigenvalue weighted by Crippen LogP contribution is -2.29. The maximum atomic E-state index is 6.28. The van der Waals surface area contributed by atoms with Crippen molar-refractivity contribution in [3.8, 4) is 0 Å². The molecule has 0 aliphatic heterocycles. The summed E-state index contributed by atoms with van der Waals surface area (Å²) >= 11 is 0. The zero-order chi connectivity index (χ0) is 11.3. The van der Waals surface area contributed by atoms with E-state index in [1.165, 1.54) is 5.56 Å². The molecule has 0 amide bonds. The van der Waals surface area contributed by atoms with Gasteiger partial charge in [0, 0.05) is 6.04 Å². The monoisotopic (exact) mass is 203 g/mol. The second-order valence-corrected chi connectivity index (χ2v) is 4.70. The Balaban J connectivity index is 2.74. The van der Waals surface area contributed by atoms with Crippen LogP contribution in [0.2, 0.25) is 0 Å². The second-order valence-electron chi connectivity index (χ2n) is 4.70. The fraction of sp³-hybridized carbons (Fsp3) is 0.429. The highest BCUT2D eigenvalue weighted by molar-refractivity contribution is 5.20. The Kier molecular flexibility index (Phi) is 4.10. The van der Waals surface area contributed by atoms with Gasteiger partial charge in [0.25, 0.3) is 0 Å². The summed E-state index contributed by atoms with van der Waals surface area (Å²) in [6, 6.07) is 10.4. The van der Waals surface area contributed by atoms with Gasteiger partial charge in [-0.15, -0.1) is 6.58 Å². The van der Waals surface area contributed by atoms with Gasteiger partial charge in [-0.2, -0.15) is 0 Å². The van der Waals surface area contributed by atoms with Gasteiger partial charge in [-0.1, -0.05) is 50.3 Å². The van der Waals surface area contributed by atoms with Crippen LogP contribution < -0.4 is 5.73 Å². The number of hydrogen-bond acceptors (Lipinski definition) is 1. The Morgan fingerprint density at radius 3 is 2.47 bits per heavy atom. The van der Waals surface area contributed by atoms with Gasteiger partial charge in [0.15, 0.2) is 0 Å².